The Labute approximate surface area is 104 Å². The molecule has 5 unspecified atom stereocenters. The van der Waals surface area contributed by atoms with Crippen LogP contribution < -0.4 is 0 Å². The van der Waals surface area contributed by atoms with Gasteiger partial charge in [0.1, 0.15) is 0 Å². The van der Waals surface area contributed by atoms with Gasteiger partial charge in [0.15, 0.2) is 5.79 Å². The summed E-state index contributed by atoms with van der Waals surface area (Å²) in [6, 6.07) is 0. The molecule has 0 amide bonds. The largest absolute Gasteiger partial charge is 0.353 e. The number of fused-ring (bicyclic) bond motifs is 5. The maximum absolute atomic E-state index is 6.29. The molecule has 5 atom stereocenters. The molecule has 1 saturated heterocycles. The highest BCUT2D eigenvalue weighted by molar-refractivity contribution is 5.22. The molecule has 96 valence electrons. The molecule has 17 heavy (non-hydrogen) atoms. The van der Waals surface area contributed by atoms with Crippen molar-refractivity contribution < 1.29 is 9.47 Å². The monoisotopic (exact) mass is 236 g/mol. The van der Waals surface area contributed by atoms with Crippen LogP contribution in [0.2, 0.25) is 0 Å². The molecule has 1 heterocycles. The van der Waals surface area contributed by atoms with E-state index in [0.29, 0.717) is 17.3 Å². The SMILES string of the molecule is COC1(C)CC2(C)C3C=CC(C3)C2C(C)(C)O1. The van der Waals surface area contributed by atoms with Crippen LogP contribution in [0, 0.1) is 23.2 Å². The zero-order chi connectivity index (χ0) is 12.5. The van der Waals surface area contributed by atoms with E-state index in [0.717, 1.165) is 12.3 Å². The molecule has 1 aliphatic heterocycles. The molecule has 0 spiro atoms. The number of hydrogen-bond acceptors (Lipinski definition) is 2. The van der Waals surface area contributed by atoms with Crippen LogP contribution in [-0.2, 0) is 9.47 Å². The summed E-state index contributed by atoms with van der Waals surface area (Å²) in [6.07, 6.45) is 7.17. The Morgan fingerprint density at radius 2 is 1.88 bits per heavy atom. The van der Waals surface area contributed by atoms with E-state index in [9.17, 15) is 0 Å². The summed E-state index contributed by atoms with van der Waals surface area (Å²) in [5, 5.41) is 0. The van der Waals surface area contributed by atoms with Crippen molar-refractivity contribution in [2.75, 3.05) is 7.11 Å². The number of methoxy groups -OCH3 is 1. The number of hydrogen-bond donors (Lipinski definition) is 0. The lowest BCUT2D eigenvalue weighted by Crippen LogP contribution is -2.59. The lowest BCUT2D eigenvalue weighted by Gasteiger charge is -2.57. The summed E-state index contributed by atoms with van der Waals surface area (Å²) in [5.74, 6) is 1.64. The van der Waals surface area contributed by atoms with Gasteiger partial charge in [-0.1, -0.05) is 19.1 Å². The average Bonchev–Trinajstić information content (AvgIpc) is 2.73. The molecule has 0 aromatic rings. The second kappa shape index (κ2) is 3.16. The smallest absolute Gasteiger partial charge is 0.166 e. The molecule has 3 aliphatic rings. The quantitative estimate of drug-likeness (QED) is 0.650. The average molecular weight is 236 g/mol. The van der Waals surface area contributed by atoms with E-state index in [1.54, 1.807) is 7.11 Å². The van der Waals surface area contributed by atoms with Crippen molar-refractivity contribution in [3.63, 3.8) is 0 Å². The molecule has 2 heteroatoms. The fourth-order valence-electron chi connectivity index (χ4n) is 5.20. The first-order valence-corrected chi connectivity index (χ1v) is 6.74. The van der Waals surface area contributed by atoms with Gasteiger partial charge in [0.2, 0.25) is 0 Å². The van der Waals surface area contributed by atoms with Gasteiger partial charge in [-0.2, -0.15) is 0 Å². The van der Waals surface area contributed by atoms with Crippen LogP contribution in [0.4, 0.5) is 0 Å². The van der Waals surface area contributed by atoms with Crippen molar-refractivity contribution in [3.05, 3.63) is 12.2 Å². The topological polar surface area (TPSA) is 18.5 Å². The zero-order valence-corrected chi connectivity index (χ0v) is 11.6. The summed E-state index contributed by atoms with van der Waals surface area (Å²) < 4.78 is 11.9. The molecule has 0 N–H and O–H groups in total. The molecule has 0 radical (unpaired) electrons. The van der Waals surface area contributed by atoms with Crippen LogP contribution >= 0.6 is 0 Å². The van der Waals surface area contributed by atoms with Crippen LogP contribution in [-0.4, -0.2) is 18.5 Å². The van der Waals surface area contributed by atoms with Crippen molar-refractivity contribution >= 4 is 0 Å². The fourth-order valence-corrected chi connectivity index (χ4v) is 5.20. The van der Waals surface area contributed by atoms with E-state index in [2.05, 4.69) is 39.8 Å². The van der Waals surface area contributed by atoms with Crippen LogP contribution in [0.5, 0.6) is 0 Å². The van der Waals surface area contributed by atoms with Gasteiger partial charge in [0, 0.05) is 13.5 Å². The van der Waals surface area contributed by atoms with Gasteiger partial charge >= 0.3 is 0 Å². The van der Waals surface area contributed by atoms with Gasteiger partial charge in [0.25, 0.3) is 0 Å². The van der Waals surface area contributed by atoms with Crippen LogP contribution in [0.1, 0.15) is 40.5 Å². The third kappa shape index (κ3) is 1.40. The first-order chi connectivity index (χ1) is 7.81. The standard InChI is InChI=1S/C15H24O2/c1-13(2)12-10-6-7-11(8-10)14(12,3)9-15(4,16-5)17-13/h6-7,10-12H,8-9H2,1-5H3. The van der Waals surface area contributed by atoms with E-state index >= 15 is 0 Å². The highest BCUT2D eigenvalue weighted by atomic mass is 16.7. The van der Waals surface area contributed by atoms with Crippen LogP contribution in [0.3, 0.4) is 0 Å². The molecule has 0 aromatic heterocycles. The molecule has 2 aliphatic carbocycles. The Bertz CT molecular complexity index is 373. The van der Waals surface area contributed by atoms with Crippen molar-refractivity contribution in [2.45, 2.75) is 51.9 Å². The molecule has 2 fully saturated rings. The second-order valence-corrected chi connectivity index (χ2v) is 7.09. The van der Waals surface area contributed by atoms with E-state index in [1.165, 1.54) is 6.42 Å². The Hall–Kier alpha value is -0.340. The molecule has 2 nitrogen and oxygen atoms in total. The molecular weight excluding hydrogens is 212 g/mol. The second-order valence-electron chi connectivity index (χ2n) is 7.09. The van der Waals surface area contributed by atoms with E-state index in [4.69, 9.17) is 9.47 Å². The Kier molecular flexibility index (Phi) is 2.18. The van der Waals surface area contributed by atoms with Gasteiger partial charge in [-0.3, -0.25) is 0 Å². The third-order valence-electron chi connectivity index (χ3n) is 5.46. The van der Waals surface area contributed by atoms with Gasteiger partial charge in [-0.25, -0.2) is 0 Å². The molecule has 2 bridgehead atoms. The Morgan fingerprint density at radius 3 is 2.53 bits per heavy atom. The number of allylic oxidation sites excluding steroid dienone is 2. The predicted molar refractivity (Wildman–Crippen MR) is 67.5 cm³/mol. The Balaban J connectivity index is 2.04. The van der Waals surface area contributed by atoms with Gasteiger partial charge < -0.3 is 9.47 Å². The summed E-state index contributed by atoms with van der Waals surface area (Å²) in [4.78, 5) is 0. The summed E-state index contributed by atoms with van der Waals surface area (Å²) in [5.41, 5.74) is 0.244. The lowest BCUT2D eigenvalue weighted by molar-refractivity contribution is -0.330. The summed E-state index contributed by atoms with van der Waals surface area (Å²) in [7, 11) is 1.77. The minimum absolute atomic E-state index is 0.0953. The molecule has 0 aromatic carbocycles. The molecule has 3 rings (SSSR count). The highest BCUT2D eigenvalue weighted by Crippen LogP contribution is 2.66. The number of rotatable bonds is 1. The van der Waals surface area contributed by atoms with Crippen LogP contribution in [0.25, 0.3) is 0 Å². The predicted octanol–water partition coefficient (Wildman–Crippen LogP) is 3.38. The van der Waals surface area contributed by atoms with E-state index in [-0.39, 0.29) is 5.60 Å². The van der Waals surface area contributed by atoms with E-state index < -0.39 is 5.79 Å². The highest BCUT2D eigenvalue weighted by Gasteiger charge is 2.64. The van der Waals surface area contributed by atoms with Gasteiger partial charge in [0.05, 0.1) is 5.60 Å². The molecular formula is C15H24O2. The maximum Gasteiger partial charge on any atom is 0.166 e. The zero-order valence-electron chi connectivity index (χ0n) is 11.6. The lowest BCUT2D eigenvalue weighted by atomic mass is 9.59. The van der Waals surface area contributed by atoms with Crippen molar-refractivity contribution in [1.82, 2.24) is 0 Å². The first-order valence-electron chi connectivity index (χ1n) is 6.74. The first kappa shape index (κ1) is 11.7. The van der Waals surface area contributed by atoms with E-state index in [1.807, 2.05) is 0 Å². The summed E-state index contributed by atoms with van der Waals surface area (Å²) in [6.45, 7) is 9.00. The normalized spacial score (nSPS) is 55.0. The minimum Gasteiger partial charge on any atom is -0.353 e. The van der Waals surface area contributed by atoms with Crippen molar-refractivity contribution in [2.24, 2.45) is 23.2 Å². The minimum atomic E-state index is -0.424. The molecule has 1 saturated carbocycles. The van der Waals surface area contributed by atoms with Crippen LogP contribution in [0.15, 0.2) is 12.2 Å². The van der Waals surface area contributed by atoms with Gasteiger partial charge in [-0.05, 0) is 50.4 Å². The fraction of sp³-hybridized carbons (Fsp3) is 0.867. The van der Waals surface area contributed by atoms with Crippen molar-refractivity contribution in [3.8, 4) is 0 Å². The maximum atomic E-state index is 6.29. The number of ether oxygens (including phenoxy) is 2. The van der Waals surface area contributed by atoms with Gasteiger partial charge in [-0.15, -0.1) is 0 Å². The van der Waals surface area contributed by atoms with Crippen molar-refractivity contribution in [1.29, 1.82) is 0 Å². The Morgan fingerprint density at radius 1 is 1.18 bits per heavy atom. The third-order valence-corrected chi connectivity index (χ3v) is 5.46. The summed E-state index contributed by atoms with van der Waals surface area (Å²) >= 11 is 0.